The second-order valence-electron chi connectivity index (χ2n) is 2.62. The highest BCUT2D eigenvalue weighted by molar-refractivity contribution is 5.42. The van der Waals surface area contributed by atoms with Gasteiger partial charge in [-0.3, -0.25) is 0 Å². The van der Waals surface area contributed by atoms with E-state index in [2.05, 4.69) is 0 Å². The highest BCUT2D eigenvalue weighted by Gasteiger charge is 2.09. The van der Waals surface area contributed by atoms with Crippen LogP contribution >= 0.6 is 0 Å². The maximum Gasteiger partial charge on any atom is 0.128 e. The lowest BCUT2D eigenvalue weighted by Crippen LogP contribution is -2.21. The summed E-state index contributed by atoms with van der Waals surface area (Å²) in [5.74, 6) is -0.359. The van der Waals surface area contributed by atoms with Crippen molar-refractivity contribution >= 4 is 5.69 Å². The minimum absolute atomic E-state index is 0.209. The van der Waals surface area contributed by atoms with E-state index in [1.54, 1.807) is 0 Å². The van der Waals surface area contributed by atoms with Gasteiger partial charge in [0, 0.05) is 23.8 Å². The molecule has 12 heavy (non-hydrogen) atoms. The summed E-state index contributed by atoms with van der Waals surface area (Å²) in [7, 11) is 0. The summed E-state index contributed by atoms with van der Waals surface area (Å²) in [6.45, 7) is 0.209. The van der Waals surface area contributed by atoms with Crippen LogP contribution in [0.5, 0.6) is 0 Å². The third-order valence-electron chi connectivity index (χ3n) is 1.67. The van der Waals surface area contributed by atoms with Gasteiger partial charge < -0.3 is 17.2 Å². The summed E-state index contributed by atoms with van der Waals surface area (Å²) in [5.41, 5.74) is 17.2. The lowest BCUT2D eigenvalue weighted by Gasteiger charge is -2.10. The fourth-order valence-electron chi connectivity index (χ4n) is 0.973. The molecule has 1 atom stereocenters. The van der Waals surface area contributed by atoms with E-state index < -0.39 is 6.04 Å². The molecule has 3 nitrogen and oxygen atoms in total. The van der Waals surface area contributed by atoms with E-state index >= 15 is 0 Å². The van der Waals surface area contributed by atoms with E-state index in [1.807, 2.05) is 0 Å². The number of anilines is 1. The predicted molar refractivity (Wildman–Crippen MR) is 46.8 cm³/mol. The van der Waals surface area contributed by atoms with Gasteiger partial charge in [0.15, 0.2) is 0 Å². The number of hydrogen-bond donors (Lipinski definition) is 3. The van der Waals surface area contributed by atoms with Crippen molar-refractivity contribution in [1.29, 1.82) is 0 Å². The van der Waals surface area contributed by atoms with Crippen LogP contribution in [0, 0.1) is 5.82 Å². The fraction of sp³-hybridized carbons (Fsp3) is 0.250. The molecule has 0 bridgehead atoms. The first-order chi connectivity index (χ1) is 5.65. The van der Waals surface area contributed by atoms with Crippen molar-refractivity contribution in [2.24, 2.45) is 11.5 Å². The third kappa shape index (κ3) is 1.72. The van der Waals surface area contributed by atoms with Gasteiger partial charge in [-0.15, -0.1) is 0 Å². The minimum atomic E-state index is -0.478. The number of hydrogen-bond acceptors (Lipinski definition) is 3. The second-order valence-corrected chi connectivity index (χ2v) is 2.62. The molecule has 0 saturated heterocycles. The van der Waals surface area contributed by atoms with Crippen molar-refractivity contribution in [2.75, 3.05) is 12.3 Å². The molecule has 6 N–H and O–H groups in total. The maximum atomic E-state index is 13.0. The molecule has 4 heteroatoms. The van der Waals surface area contributed by atoms with Crippen LogP contribution in [0.1, 0.15) is 11.6 Å². The van der Waals surface area contributed by atoms with Gasteiger partial charge >= 0.3 is 0 Å². The molecule has 0 aliphatic carbocycles. The van der Waals surface area contributed by atoms with Crippen molar-refractivity contribution in [3.63, 3.8) is 0 Å². The molecule has 0 aliphatic heterocycles. The number of benzene rings is 1. The van der Waals surface area contributed by atoms with Gasteiger partial charge in [-0.1, -0.05) is 0 Å². The van der Waals surface area contributed by atoms with Crippen molar-refractivity contribution in [2.45, 2.75) is 6.04 Å². The van der Waals surface area contributed by atoms with E-state index in [4.69, 9.17) is 17.2 Å². The van der Waals surface area contributed by atoms with Crippen LogP contribution in [-0.2, 0) is 0 Å². The first-order valence-corrected chi connectivity index (χ1v) is 3.65. The Kier molecular flexibility index (Phi) is 2.62. The van der Waals surface area contributed by atoms with E-state index in [1.165, 1.54) is 18.2 Å². The van der Waals surface area contributed by atoms with Crippen molar-refractivity contribution in [1.82, 2.24) is 0 Å². The van der Waals surface area contributed by atoms with Crippen LogP contribution in [-0.4, -0.2) is 6.54 Å². The van der Waals surface area contributed by atoms with E-state index in [0.29, 0.717) is 11.3 Å². The van der Waals surface area contributed by atoms with Crippen LogP contribution in [0.3, 0.4) is 0 Å². The zero-order valence-corrected chi connectivity index (χ0v) is 6.63. The number of rotatable bonds is 2. The molecular formula is C8H12FN3. The first kappa shape index (κ1) is 8.96. The average Bonchev–Trinajstić information content (AvgIpc) is 2.08. The Morgan fingerprint density at radius 3 is 2.67 bits per heavy atom. The van der Waals surface area contributed by atoms with Crippen LogP contribution in [0.15, 0.2) is 18.2 Å². The van der Waals surface area contributed by atoms with Crippen molar-refractivity contribution in [3.05, 3.63) is 29.6 Å². The van der Waals surface area contributed by atoms with Gasteiger partial charge in [0.05, 0.1) is 0 Å². The van der Waals surface area contributed by atoms with Gasteiger partial charge in [0.1, 0.15) is 5.82 Å². The monoisotopic (exact) mass is 169 g/mol. The van der Waals surface area contributed by atoms with E-state index in [-0.39, 0.29) is 12.4 Å². The van der Waals surface area contributed by atoms with Gasteiger partial charge in [0.25, 0.3) is 0 Å². The Labute approximate surface area is 70.3 Å². The smallest absolute Gasteiger partial charge is 0.128 e. The second kappa shape index (κ2) is 3.51. The zero-order chi connectivity index (χ0) is 9.14. The van der Waals surface area contributed by atoms with Crippen LogP contribution in [0.4, 0.5) is 10.1 Å². The predicted octanol–water partition coefficient (Wildman–Crippen LogP) is 0.366. The standard InChI is InChI=1S/C8H12FN3/c9-7-2-1-5(11)3-6(7)8(12)4-10/h1-3,8H,4,10-12H2. The molecular weight excluding hydrogens is 157 g/mol. The van der Waals surface area contributed by atoms with Gasteiger partial charge in [-0.2, -0.15) is 0 Å². The Hall–Kier alpha value is -1.13. The normalized spacial score (nSPS) is 12.9. The fourth-order valence-corrected chi connectivity index (χ4v) is 0.973. The third-order valence-corrected chi connectivity index (χ3v) is 1.67. The number of nitrogen functional groups attached to an aromatic ring is 1. The molecule has 0 fully saturated rings. The van der Waals surface area contributed by atoms with E-state index in [9.17, 15) is 4.39 Å². The SMILES string of the molecule is NCC(N)c1cc(N)ccc1F. The Balaban J connectivity index is 3.04. The molecule has 1 aromatic rings. The molecule has 0 radical (unpaired) electrons. The number of nitrogens with two attached hydrogens (primary N) is 3. The summed E-state index contributed by atoms with van der Waals surface area (Å²) >= 11 is 0. The first-order valence-electron chi connectivity index (χ1n) is 3.65. The molecule has 1 unspecified atom stereocenters. The topological polar surface area (TPSA) is 78.1 Å². The summed E-state index contributed by atoms with van der Waals surface area (Å²) in [6, 6.07) is 3.81. The molecule has 0 aliphatic rings. The highest BCUT2D eigenvalue weighted by atomic mass is 19.1. The minimum Gasteiger partial charge on any atom is -0.399 e. The van der Waals surface area contributed by atoms with Gasteiger partial charge in [0.2, 0.25) is 0 Å². The van der Waals surface area contributed by atoms with Gasteiger partial charge in [-0.25, -0.2) is 4.39 Å². The summed E-state index contributed by atoms with van der Waals surface area (Å²) in [6.07, 6.45) is 0. The van der Waals surface area contributed by atoms with Crippen molar-refractivity contribution in [3.8, 4) is 0 Å². The summed E-state index contributed by atoms with van der Waals surface area (Å²) in [5, 5.41) is 0. The number of halogens is 1. The quantitative estimate of drug-likeness (QED) is 0.559. The Morgan fingerprint density at radius 1 is 1.42 bits per heavy atom. The molecule has 0 aromatic heterocycles. The molecule has 1 rings (SSSR count). The van der Waals surface area contributed by atoms with Crippen molar-refractivity contribution < 1.29 is 4.39 Å². The Morgan fingerprint density at radius 2 is 2.08 bits per heavy atom. The molecule has 0 saturated carbocycles. The summed E-state index contributed by atoms with van der Waals surface area (Å²) in [4.78, 5) is 0. The molecule has 0 heterocycles. The Bertz CT molecular complexity index is 275. The average molecular weight is 169 g/mol. The zero-order valence-electron chi connectivity index (χ0n) is 6.63. The maximum absolute atomic E-state index is 13.0. The van der Waals surface area contributed by atoms with Crippen LogP contribution < -0.4 is 17.2 Å². The molecule has 66 valence electrons. The molecule has 0 spiro atoms. The lowest BCUT2D eigenvalue weighted by atomic mass is 10.1. The van der Waals surface area contributed by atoms with E-state index in [0.717, 1.165) is 0 Å². The molecule has 0 amide bonds. The van der Waals surface area contributed by atoms with Crippen LogP contribution in [0.2, 0.25) is 0 Å². The largest absolute Gasteiger partial charge is 0.399 e. The van der Waals surface area contributed by atoms with Crippen LogP contribution in [0.25, 0.3) is 0 Å². The lowest BCUT2D eigenvalue weighted by molar-refractivity contribution is 0.584. The van der Waals surface area contributed by atoms with Gasteiger partial charge in [-0.05, 0) is 18.2 Å². The highest BCUT2D eigenvalue weighted by Crippen LogP contribution is 2.17. The summed E-state index contributed by atoms with van der Waals surface area (Å²) < 4.78 is 13.0. The molecule has 1 aromatic carbocycles.